The van der Waals surface area contributed by atoms with Crippen LogP contribution >= 0.6 is 0 Å². The zero-order chi connectivity index (χ0) is 21.9. The lowest BCUT2D eigenvalue weighted by atomic mass is 9.92. The lowest BCUT2D eigenvalue weighted by Crippen LogP contribution is -1.96. The number of methoxy groups -OCH3 is 1. The van der Waals surface area contributed by atoms with Crippen molar-refractivity contribution in [3.8, 4) is 50.7 Å². The smallest absolute Gasteiger partial charge is 0.169 e. The van der Waals surface area contributed by atoms with Crippen LogP contribution in [0, 0.1) is 6.92 Å². The summed E-state index contributed by atoms with van der Waals surface area (Å²) in [6, 6.07) is 32.6. The minimum Gasteiger partial charge on any atom is -0.497 e. The van der Waals surface area contributed by atoms with Gasteiger partial charge >= 0.3 is 0 Å². The maximum absolute atomic E-state index is 5.75. The number of aryl methyl sites for hydroxylation is 1. The van der Waals surface area contributed by atoms with Gasteiger partial charge in [-0.1, -0.05) is 65.8 Å². The van der Waals surface area contributed by atoms with Crippen molar-refractivity contribution in [3.05, 3.63) is 103 Å². The molecule has 0 aliphatic carbocycles. The molecule has 0 N–H and O–H groups in total. The minimum absolute atomic E-state index is 0.694. The average Bonchev–Trinajstić information content (AvgIpc) is 3.30. The van der Waals surface area contributed by atoms with E-state index in [0.29, 0.717) is 5.76 Å². The molecule has 2 heterocycles. The molecule has 2 aromatic heterocycles. The van der Waals surface area contributed by atoms with Gasteiger partial charge in [-0.3, -0.25) is 0 Å². The van der Waals surface area contributed by atoms with Gasteiger partial charge in [-0.2, -0.15) is 0 Å². The van der Waals surface area contributed by atoms with E-state index in [1.807, 2.05) is 73.7 Å². The van der Waals surface area contributed by atoms with E-state index in [4.69, 9.17) is 14.2 Å². The molecule has 0 aliphatic heterocycles. The molecule has 0 atom stereocenters. The summed E-state index contributed by atoms with van der Waals surface area (Å²) in [5.41, 5.74) is 7.64. The Labute approximate surface area is 187 Å². The van der Waals surface area contributed by atoms with E-state index < -0.39 is 0 Å². The predicted octanol–water partition coefficient (Wildman–Crippen LogP) is 7.05. The average molecular weight is 418 g/mol. The van der Waals surface area contributed by atoms with Crippen LogP contribution in [0.3, 0.4) is 0 Å². The van der Waals surface area contributed by atoms with Crippen LogP contribution in [-0.2, 0) is 0 Å². The number of hydrogen-bond donors (Lipinski definition) is 0. The topological polar surface area (TPSA) is 48.2 Å². The Morgan fingerprint density at radius 2 is 1.38 bits per heavy atom. The normalized spacial score (nSPS) is 10.8. The summed E-state index contributed by atoms with van der Waals surface area (Å²) in [6.07, 6.45) is 0. The second-order valence-electron chi connectivity index (χ2n) is 7.57. The Balaban J connectivity index is 1.84. The van der Waals surface area contributed by atoms with E-state index >= 15 is 0 Å². The first kappa shape index (κ1) is 19.8. The third-order valence-corrected chi connectivity index (χ3v) is 5.41. The van der Waals surface area contributed by atoms with Crippen LogP contribution in [0.25, 0.3) is 45.0 Å². The van der Waals surface area contributed by atoms with Crippen molar-refractivity contribution in [1.82, 2.24) is 10.1 Å². The Morgan fingerprint density at radius 1 is 0.719 bits per heavy atom. The maximum Gasteiger partial charge on any atom is 0.169 e. The lowest BCUT2D eigenvalue weighted by Gasteiger charge is -2.16. The van der Waals surface area contributed by atoms with Crippen molar-refractivity contribution < 1.29 is 9.26 Å². The van der Waals surface area contributed by atoms with E-state index in [1.165, 1.54) is 0 Å². The second kappa shape index (κ2) is 8.52. The molecular weight excluding hydrogens is 396 g/mol. The zero-order valence-corrected chi connectivity index (χ0v) is 17.9. The van der Waals surface area contributed by atoms with E-state index in [9.17, 15) is 0 Å². The summed E-state index contributed by atoms with van der Waals surface area (Å²) in [5.74, 6) is 1.49. The van der Waals surface area contributed by atoms with Crippen molar-refractivity contribution in [2.24, 2.45) is 0 Å². The molecule has 0 radical (unpaired) electrons. The summed E-state index contributed by atoms with van der Waals surface area (Å²) >= 11 is 0. The van der Waals surface area contributed by atoms with Gasteiger partial charge in [0.2, 0.25) is 0 Å². The number of pyridine rings is 1. The number of benzene rings is 3. The van der Waals surface area contributed by atoms with Crippen LogP contribution in [0.1, 0.15) is 5.69 Å². The monoisotopic (exact) mass is 418 g/mol. The van der Waals surface area contributed by atoms with Crippen LogP contribution in [0.15, 0.2) is 102 Å². The van der Waals surface area contributed by atoms with Crippen LogP contribution < -0.4 is 4.74 Å². The quantitative estimate of drug-likeness (QED) is 0.307. The molecule has 4 nitrogen and oxygen atoms in total. The van der Waals surface area contributed by atoms with Crippen molar-refractivity contribution in [1.29, 1.82) is 0 Å². The van der Waals surface area contributed by atoms with Crippen LogP contribution in [0.4, 0.5) is 0 Å². The summed E-state index contributed by atoms with van der Waals surface area (Å²) < 4.78 is 11.1. The minimum atomic E-state index is 0.694. The zero-order valence-electron chi connectivity index (χ0n) is 17.9. The summed E-state index contributed by atoms with van der Waals surface area (Å²) in [4.78, 5) is 5.11. The van der Waals surface area contributed by atoms with Gasteiger partial charge in [0.1, 0.15) is 5.75 Å². The first-order valence-corrected chi connectivity index (χ1v) is 10.5. The van der Waals surface area contributed by atoms with E-state index in [2.05, 4.69) is 35.5 Å². The SMILES string of the molecule is COc1ccc(-c2nc(-c3ccccc3)cc(-c3ccccc3)c2-c2cc(C)no2)cc1. The van der Waals surface area contributed by atoms with Crippen LogP contribution in [0.2, 0.25) is 0 Å². The standard InChI is InChI=1S/C28H22N2O2/c1-19-17-26(32-30-19)27-24(20-9-5-3-6-10-20)18-25(21-11-7-4-8-12-21)29-28(27)22-13-15-23(31-2)16-14-22/h3-18H,1-2H3. The Kier molecular flexibility index (Phi) is 5.26. The molecule has 0 amide bonds. The fourth-order valence-electron chi connectivity index (χ4n) is 3.84. The van der Waals surface area contributed by atoms with Crippen molar-refractivity contribution in [2.75, 3.05) is 7.11 Å². The molecule has 0 saturated heterocycles. The summed E-state index contributed by atoms with van der Waals surface area (Å²) in [6.45, 7) is 1.92. The molecule has 4 heteroatoms. The maximum atomic E-state index is 5.75. The number of ether oxygens (including phenoxy) is 1. The molecule has 0 fully saturated rings. The van der Waals surface area contributed by atoms with Crippen LogP contribution in [-0.4, -0.2) is 17.3 Å². The molecule has 0 aliphatic rings. The van der Waals surface area contributed by atoms with Crippen molar-refractivity contribution in [3.63, 3.8) is 0 Å². The number of nitrogens with zero attached hydrogens (tertiary/aromatic N) is 2. The van der Waals surface area contributed by atoms with Crippen molar-refractivity contribution >= 4 is 0 Å². The molecule has 0 spiro atoms. The highest BCUT2D eigenvalue weighted by Gasteiger charge is 2.21. The van der Waals surface area contributed by atoms with E-state index in [1.54, 1.807) is 7.11 Å². The first-order chi connectivity index (χ1) is 15.7. The van der Waals surface area contributed by atoms with Gasteiger partial charge in [-0.25, -0.2) is 4.98 Å². The van der Waals surface area contributed by atoms with Crippen LogP contribution in [0.5, 0.6) is 5.75 Å². The Hall–Kier alpha value is -4.18. The summed E-state index contributed by atoms with van der Waals surface area (Å²) in [7, 11) is 1.67. The number of rotatable bonds is 5. The fraction of sp³-hybridized carbons (Fsp3) is 0.0714. The first-order valence-electron chi connectivity index (χ1n) is 10.5. The van der Waals surface area contributed by atoms with Gasteiger partial charge in [-0.05, 0) is 48.4 Å². The number of aromatic nitrogens is 2. The van der Waals surface area contributed by atoms with E-state index in [0.717, 1.165) is 50.6 Å². The number of hydrogen-bond acceptors (Lipinski definition) is 4. The molecular formula is C28H22N2O2. The van der Waals surface area contributed by atoms with Gasteiger partial charge < -0.3 is 9.26 Å². The molecule has 0 bridgehead atoms. The van der Waals surface area contributed by atoms with Gasteiger partial charge in [0, 0.05) is 17.2 Å². The molecule has 5 aromatic rings. The van der Waals surface area contributed by atoms with E-state index in [-0.39, 0.29) is 0 Å². The van der Waals surface area contributed by atoms with Gasteiger partial charge in [-0.15, -0.1) is 0 Å². The highest BCUT2D eigenvalue weighted by Crippen LogP contribution is 2.41. The Bertz CT molecular complexity index is 1340. The van der Waals surface area contributed by atoms with Gasteiger partial charge in [0.25, 0.3) is 0 Å². The molecule has 0 saturated carbocycles. The highest BCUT2D eigenvalue weighted by atomic mass is 16.5. The Morgan fingerprint density at radius 3 is 1.97 bits per heavy atom. The van der Waals surface area contributed by atoms with Gasteiger partial charge in [0.15, 0.2) is 5.76 Å². The lowest BCUT2D eigenvalue weighted by molar-refractivity contribution is 0.415. The van der Waals surface area contributed by atoms with Gasteiger partial charge in [0.05, 0.1) is 29.8 Å². The fourth-order valence-corrected chi connectivity index (χ4v) is 3.84. The third-order valence-electron chi connectivity index (χ3n) is 5.41. The molecule has 32 heavy (non-hydrogen) atoms. The largest absolute Gasteiger partial charge is 0.497 e. The molecule has 0 unspecified atom stereocenters. The molecule has 156 valence electrons. The third kappa shape index (κ3) is 3.79. The second-order valence-corrected chi connectivity index (χ2v) is 7.57. The molecule has 3 aromatic carbocycles. The predicted molar refractivity (Wildman–Crippen MR) is 127 cm³/mol. The van der Waals surface area contributed by atoms with Crippen molar-refractivity contribution in [2.45, 2.75) is 6.92 Å². The molecule has 5 rings (SSSR count). The summed E-state index contributed by atoms with van der Waals surface area (Å²) in [5, 5.41) is 4.15. The highest BCUT2D eigenvalue weighted by molar-refractivity contribution is 5.93.